The summed E-state index contributed by atoms with van der Waals surface area (Å²) < 4.78 is 0. The van der Waals surface area contributed by atoms with Crippen molar-refractivity contribution in [1.82, 2.24) is 9.88 Å². The van der Waals surface area contributed by atoms with Crippen LogP contribution < -0.4 is 5.32 Å². The highest BCUT2D eigenvalue weighted by atomic mass is 16.3. The highest BCUT2D eigenvalue weighted by Crippen LogP contribution is 2.27. The summed E-state index contributed by atoms with van der Waals surface area (Å²) in [6.45, 7) is 1.80. The van der Waals surface area contributed by atoms with Gasteiger partial charge in [-0.3, -0.25) is 4.90 Å². The number of nitrogens with one attached hydrogen (secondary N) is 1. The van der Waals surface area contributed by atoms with Gasteiger partial charge in [0.1, 0.15) is 5.82 Å². The highest BCUT2D eigenvalue weighted by molar-refractivity contribution is 5.34. The lowest BCUT2D eigenvalue weighted by Gasteiger charge is -2.20. The minimum absolute atomic E-state index is 0.224. The van der Waals surface area contributed by atoms with E-state index >= 15 is 0 Å². The zero-order chi connectivity index (χ0) is 11.4. The van der Waals surface area contributed by atoms with Crippen molar-refractivity contribution < 1.29 is 5.11 Å². The van der Waals surface area contributed by atoms with E-state index in [0.717, 1.165) is 24.6 Å². The topological polar surface area (TPSA) is 48.4 Å². The van der Waals surface area contributed by atoms with Crippen LogP contribution in [0, 0.1) is 0 Å². The van der Waals surface area contributed by atoms with E-state index in [4.69, 9.17) is 5.11 Å². The molecule has 1 aromatic rings. The molecule has 0 amide bonds. The molecular weight excluding hydrogens is 202 g/mol. The minimum atomic E-state index is 0.224. The molecular formula is C12H19N3O. The maximum atomic E-state index is 9.02. The summed E-state index contributed by atoms with van der Waals surface area (Å²) in [6, 6.07) is 6.66. The molecule has 0 radical (unpaired) electrons. The lowest BCUT2D eigenvalue weighted by atomic mass is 10.3. The Labute approximate surface area is 96.3 Å². The second-order valence-electron chi connectivity index (χ2n) is 4.19. The zero-order valence-corrected chi connectivity index (χ0v) is 9.69. The van der Waals surface area contributed by atoms with E-state index in [0.29, 0.717) is 6.04 Å². The lowest BCUT2D eigenvalue weighted by Crippen LogP contribution is -2.29. The molecule has 0 aliphatic heterocycles. The summed E-state index contributed by atoms with van der Waals surface area (Å²) in [7, 11) is 1.87. The van der Waals surface area contributed by atoms with E-state index in [1.165, 1.54) is 12.8 Å². The number of hydrogen-bond acceptors (Lipinski definition) is 4. The number of hydrogen-bond donors (Lipinski definition) is 2. The maximum absolute atomic E-state index is 9.02. The fourth-order valence-electron chi connectivity index (χ4n) is 1.87. The number of nitrogens with zero attached hydrogens (tertiary/aromatic N) is 2. The van der Waals surface area contributed by atoms with Gasteiger partial charge in [0.15, 0.2) is 0 Å². The van der Waals surface area contributed by atoms with Crippen molar-refractivity contribution >= 4 is 5.82 Å². The van der Waals surface area contributed by atoms with Crippen LogP contribution >= 0.6 is 0 Å². The van der Waals surface area contributed by atoms with Crippen molar-refractivity contribution in [3.63, 3.8) is 0 Å². The molecule has 0 bridgehead atoms. The van der Waals surface area contributed by atoms with E-state index < -0.39 is 0 Å². The monoisotopic (exact) mass is 221 g/mol. The van der Waals surface area contributed by atoms with Crippen LogP contribution in [0.15, 0.2) is 18.2 Å². The summed E-state index contributed by atoms with van der Waals surface area (Å²) >= 11 is 0. The van der Waals surface area contributed by atoms with E-state index in [9.17, 15) is 0 Å². The molecule has 1 aliphatic carbocycles. The van der Waals surface area contributed by atoms with Gasteiger partial charge in [-0.05, 0) is 25.0 Å². The van der Waals surface area contributed by atoms with Crippen LogP contribution in [0.5, 0.6) is 0 Å². The summed E-state index contributed by atoms with van der Waals surface area (Å²) in [5.41, 5.74) is 1.06. The molecule has 0 saturated heterocycles. The Kier molecular flexibility index (Phi) is 3.74. The van der Waals surface area contributed by atoms with E-state index in [1.54, 1.807) is 0 Å². The maximum Gasteiger partial charge on any atom is 0.126 e. The molecule has 0 spiro atoms. The number of aliphatic hydroxyl groups excluding tert-OH is 1. The van der Waals surface area contributed by atoms with Crippen molar-refractivity contribution in [3.05, 3.63) is 23.9 Å². The summed E-state index contributed by atoms with van der Waals surface area (Å²) in [6.07, 6.45) is 2.51. The van der Waals surface area contributed by atoms with Crippen molar-refractivity contribution in [1.29, 1.82) is 0 Å². The fraction of sp³-hybridized carbons (Fsp3) is 0.583. The number of pyridine rings is 1. The summed E-state index contributed by atoms with van der Waals surface area (Å²) in [5.74, 6) is 0.900. The van der Waals surface area contributed by atoms with Crippen LogP contribution in [0.1, 0.15) is 18.5 Å². The van der Waals surface area contributed by atoms with Gasteiger partial charge in [-0.2, -0.15) is 0 Å². The average molecular weight is 221 g/mol. The Bertz CT molecular complexity index is 339. The van der Waals surface area contributed by atoms with Crippen molar-refractivity contribution in [3.8, 4) is 0 Å². The van der Waals surface area contributed by atoms with Gasteiger partial charge < -0.3 is 10.4 Å². The molecule has 2 N–H and O–H groups in total. The molecule has 4 heteroatoms. The third kappa shape index (κ3) is 2.93. The van der Waals surface area contributed by atoms with Gasteiger partial charge in [0.05, 0.1) is 12.3 Å². The highest BCUT2D eigenvalue weighted by Gasteiger charge is 2.28. The van der Waals surface area contributed by atoms with Crippen molar-refractivity contribution in [2.75, 3.05) is 25.5 Å². The van der Waals surface area contributed by atoms with Gasteiger partial charge in [-0.1, -0.05) is 6.07 Å². The van der Waals surface area contributed by atoms with Crippen LogP contribution in [-0.2, 0) is 6.54 Å². The molecule has 1 fully saturated rings. The van der Waals surface area contributed by atoms with Crippen LogP contribution in [0.4, 0.5) is 5.82 Å². The second kappa shape index (κ2) is 5.27. The Morgan fingerprint density at radius 3 is 2.94 bits per heavy atom. The van der Waals surface area contributed by atoms with Crippen LogP contribution in [0.2, 0.25) is 0 Å². The van der Waals surface area contributed by atoms with Gasteiger partial charge >= 0.3 is 0 Å². The molecule has 1 heterocycles. The molecule has 1 aromatic heterocycles. The molecule has 1 saturated carbocycles. The first-order valence-corrected chi connectivity index (χ1v) is 5.82. The van der Waals surface area contributed by atoms with Crippen molar-refractivity contribution in [2.45, 2.75) is 25.4 Å². The number of aromatic nitrogens is 1. The predicted octanol–water partition coefficient (Wildman–Crippen LogP) is 1.08. The summed E-state index contributed by atoms with van der Waals surface area (Å²) in [5, 5.41) is 12.1. The molecule has 0 atom stereocenters. The Morgan fingerprint density at radius 2 is 2.31 bits per heavy atom. The van der Waals surface area contributed by atoms with Crippen LogP contribution in [-0.4, -0.2) is 41.2 Å². The Hall–Kier alpha value is -1.13. The van der Waals surface area contributed by atoms with Gasteiger partial charge in [0, 0.05) is 26.2 Å². The molecule has 4 nitrogen and oxygen atoms in total. The molecule has 2 rings (SSSR count). The third-order valence-corrected chi connectivity index (χ3v) is 2.88. The predicted molar refractivity (Wildman–Crippen MR) is 64.3 cm³/mol. The number of anilines is 1. The quantitative estimate of drug-likeness (QED) is 0.754. The smallest absolute Gasteiger partial charge is 0.126 e. The van der Waals surface area contributed by atoms with Crippen molar-refractivity contribution in [2.24, 2.45) is 0 Å². The second-order valence-corrected chi connectivity index (χ2v) is 4.19. The standard InChI is InChI=1S/C12H19N3O/c1-13-12-4-2-3-10(14-12)9-15(7-8-16)11-5-6-11/h2-4,11,16H,5-9H2,1H3,(H,13,14). The number of aliphatic hydroxyl groups is 1. The van der Waals surface area contributed by atoms with E-state index in [-0.39, 0.29) is 6.61 Å². The molecule has 16 heavy (non-hydrogen) atoms. The normalized spacial score (nSPS) is 15.4. The van der Waals surface area contributed by atoms with Gasteiger partial charge in [0.2, 0.25) is 0 Å². The molecule has 1 aliphatic rings. The fourth-order valence-corrected chi connectivity index (χ4v) is 1.87. The number of rotatable bonds is 6. The van der Waals surface area contributed by atoms with E-state index in [2.05, 4.69) is 15.2 Å². The molecule has 0 unspecified atom stereocenters. The van der Waals surface area contributed by atoms with Gasteiger partial charge in [0.25, 0.3) is 0 Å². The Balaban J connectivity index is 1.99. The minimum Gasteiger partial charge on any atom is -0.395 e. The van der Waals surface area contributed by atoms with Gasteiger partial charge in [-0.25, -0.2) is 4.98 Å². The SMILES string of the molecule is CNc1cccc(CN(CCO)C2CC2)n1. The van der Waals surface area contributed by atoms with E-state index in [1.807, 2.05) is 25.2 Å². The van der Waals surface area contributed by atoms with Crippen LogP contribution in [0.25, 0.3) is 0 Å². The molecule has 88 valence electrons. The Morgan fingerprint density at radius 1 is 1.50 bits per heavy atom. The first kappa shape index (κ1) is 11.4. The largest absolute Gasteiger partial charge is 0.395 e. The first-order valence-electron chi connectivity index (χ1n) is 5.82. The third-order valence-electron chi connectivity index (χ3n) is 2.88. The summed E-state index contributed by atoms with van der Waals surface area (Å²) in [4.78, 5) is 6.80. The van der Waals surface area contributed by atoms with Crippen LogP contribution in [0.3, 0.4) is 0 Å². The molecule has 0 aromatic carbocycles. The van der Waals surface area contributed by atoms with Gasteiger partial charge in [-0.15, -0.1) is 0 Å². The lowest BCUT2D eigenvalue weighted by molar-refractivity contribution is 0.182. The first-order chi connectivity index (χ1) is 7.83. The zero-order valence-electron chi connectivity index (χ0n) is 9.69. The average Bonchev–Trinajstić information content (AvgIpc) is 3.13.